The number of allylic oxidation sites excluding steroid dienone is 1. The van der Waals surface area contributed by atoms with E-state index in [-0.39, 0.29) is 0 Å². The zero-order valence-corrected chi connectivity index (χ0v) is 17.1. The largest absolute Gasteiger partial charge is 0.342 e. The Bertz CT molecular complexity index is 1060. The molecule has 0 radical (unpaired) electrons. The zero-order chi connectivity index (χ0) is 19.3. The van der Waals surface area contributed by atoms with Gasteiger partial charge in [0.1, 0.15) is 12.0 Å². The number of hydrogen-bond donors (Lipinski definition) is 2. The van der Waals surface area contributed by atoms with Crippen LogP contribution in [0.5, 0.6) is 0 Å². The Hall–Kier alpha value is -1.96. The molecule has 0 bridgehead atoms. The molecule has 0 aromatic carbocycles. The monoisotopic (exact) mass is 412 g/mol. The van der Waals surface area contributed by atoms with Gasteiger partial charge in [0.05, 0.1) is 21.0 Å². The maximum Gasteiger partial charge on any atom is 0.195 e. The second-order valence-electron chi connectivity index (χ2n) is 7.51. The molecule has 0 aliphatic heterocycles. The second-order valence-corrected chi connectivity index (χ2v) is 8.93. The van der Waals surface area contributed by atoms with Gasteiger partial charge < -0.3 is 10.7 Å². The lowest BCUT2D eigenvalue weighted by atomic mass is 9.94. The number of nitrogens with two attached hydrogens (primary N) is 1. The van der Waals surface area contributed by atoms with E-state index < -0.39 is 0 Å². The van der Waals surface area contributed by atoms with Gasteiger partial charge in [-0.3, -0.25) is 0 Å². The highest BCUT2D eigenvalue weighted by molar-refractivity contribution is 7.99. The van der Waals surface area contributed by atoms with Gasteiger partial charge in [-0.05, 0) is 55.4 Å². The number of halogens is 1. The highest BCUT2D eigenvalue weighted by Gasteiger charge is 2.49. The molecule has 3 N–H and O–H groups in total. The second kappa shape index (κ2) is 7.13. The number of aromatic nitrogens is 5. The summed E-state index contributed by atoms with van der Waals surface area (Å²) in [5.41, 5.74) is 10.2. The number of aryl methyl sites for hydroxylation is 1. The molecule has 28 heavy (non-hydrogen) atoms. The molecule has 3 aromatic heterocycles. The average Bonchev–Trinajstić information content (AvgIpc) is 3.22. The molecule has 144 valence electrons. The first-order valence-corrected chi connectivity index (χ1v) is 10.8. The van der Waals surface area contributed by atoms with Crippen LogP contribution in [0.1, 0.15) is 37.6 Å². The van der Waals surface area contributed by atoms with Crippen LogP contribution in [0.15, 0.2) is 34.3 Å². The fraction of sp³-hybridized carbons (Fsp3) is 0.400. The van der Waals surface area contributed by atoms with Crippen LogP contribution in [0.2, 0.25) is 5.02 Å². The molecule has 5 rings (SSSR count). The summed E-state index contributed by atoms with van der Waals surface area (Å²) in [7, 11) is 0. The molecule has 3 aromatic rings. The van der Waals surface area contributed by atoms with Crippen molar-refractivity contribution in [1.29, 1.82) is 0 Å². The molecule has 0 spiro atoms. The number of nitrogens with zero attached hydrogens (tertiary/aromatic N) is 4. The summed E-state index contributed by atoms with van der Waals surface area (Å²) in [4.78, 5) is 21.9. The van der Waals surface area contributed by atoms with E-state index in [2.05, 4.69) is 28.0 Å². The normalized spacial score (nSPS) is 25.2. The molecule has 0 amide bonds. The van der Waals surface area contributed by atoms with Crippen LogP contribution in [0, 0.1) is 11.8 Å². The highest BCUT2D eigenvalue weighted by Crippen LogP contribution is 2.50. The molecule has 3 heterocycles. The van der Waals surface area contributed by atoms with Gasteiger partial charge in [-0.2, -0.15) is 0 Å². The third kappa shape index (κ3) is 3.21. The van der Waals surface area contributed by atoms with Gasteiger partial charge in [0.2, 0.25) is 0 Å². The standard InChI is InChI=1S/C20H21ClN6S/c1-2-14-17(21)16-15(6-10-3-4-12-13(5-10)18(12)22)26-20(27-19(16)25-14)28-11-7-23-9-24-8-11/h6-9,12-13,18H,2-5,22H2,1H3,(H,25,26,27). The number of aromatic amines is 1. The van der Waals surface area contributed by atoms with Crippen molar-refractivity contribution in [2.75, 3.05) is 0 Å². The zero-order valence-electron chi connectivity index (χ0n) is 15.5. The van der Waals surface area contributed by atoms with Gasteiger partial charge in [0.25, 0.3) is 0 Å². The average molecular weight is 413 g/mol. The SMILES string of the molecule is CCc1[nH]c2nc(Sc3cncnc3)nc(C=C3CCC4C(N)C4C3)c2c1Cl. The summed E-state index contributed by atoms with van der Waals surface area (Å²) in [6.45, 7) is 2.08. The van der Waals surface area contributed by atoms with Gasteiger partial charge in [-0.15, -0.1) is 0 Å². The van der Waals surface area contributed by atoms with Crippen molar-refractivity contribution >= 4 is 40.5 Å². The molecule has 3 atom stereocenters. The maximum atomic E-state index is 6.67. The molecule has 2 saturated carbocycles. The van der Waals surface area contributed by atoms with Crippen molar-refractivity contribution in [1.82, 2.24) is 24.9 Å². The van der Waals surface area contributed by atoms with E-state index in [9.17, 15) is 0 Å². The highest BCUT2D eigenvalue weighted by atomic mass is 35.5. The number of fused-ring (bicyclic) bond motifs is 2. The Balaban J connectivity index is 1.57. The molecule has 8 heteroatoms. The lowest BCUT2D eigenvalue weighted by Crippen LogP contribution is -2.02. The Morgan fingerprint density at radius 2 is 2.11 bits per heavy atom. The lowest BCUT2D eigenvalue weighted by molar-refractivity contribution is 0.571. The third-order valence-electron chi connectivity index (χ3n) is 5.81. The predicted octanol–water partition coefficient (Wildman–Crippen LogP) is 4.26. The van der Waals surface area contributed by atoms with E-state index >= 15 is 0 Å². The Morgan fingerprint density at radius 3 is 2.86 bits per heavy atom. The molecule has 2 aliphatic carbocycles. The molecule has 3 unspecified atom stereocenters. The van der Waals surface area contributed by atoms with Crippen molar-refractivity contribution in [3.63, 3.8) is 0 Å². The summed E-state index contributed by atoms with van der Waals surface area (Å²) >= 11 is 8.12. The predicted molar refractivity (Wildman–Crippen MR) is 111 cm³/mol. The van der Waals surface area contributed by atoms with Crippen LogP contribution in [0.3, 0.4) is 0 Å². The smallest absolute Gasteiger partial charge is 0.195 e. The van der Waals surface area contributed by atoms with E-state index in [0.717, 1.165) is 51.6 Å². The summed E-state index contributed by atoms with van der Waals surface area (Å²) in [5, 5.41) is 2.29. The van der Waals surface area contributed by atoms with Crippen LogP contribution in [-0.4, -0.2) is 31.0 Å². The Labute approximate surface area is 172 Å². The number of nitrogens with one attached hydrogen (secondary N) is 1. The first-order chi connectivity index (χ1) is 13.6. The molecular formula is C20H21ClN6S. The summed E-state index contributed by atoms with van der Waals surface area (Å²) in [6.07, 6.45) is 11.4. The van der Waals surface area contributed by atoms with Gasteiger partial charge in [-0.1, -0.05) is 24.1 Å². The maximum absolute atomic E-state index is 6.67. The van der Waals surface area contributed by atoms with Gasteiger partial charge in [-0.25, -0.2) is 19.9 Å². The van der Waals surface area contributed by atoms with Crippen molar-refractivity contribution < 1.29 is 0 Å². The number of hydrogen-bond acceptors (Lipinski definition) is 6. The van der Waals surface area contributed by atoms with Crippen molar-refractivity contribution in [2.45, 2.75) is 48.7 Å². The lowest BCUT2D eigenvalue weighted by Gasteiger charge is -2.13. The van der Waals surface area contributed by atoms with Crippen LogP contribution in [-0.2, 0) is 6.42 Å². The fourth-order valence-corrected chi connectivity index (χ4v) is 5.29. The molecule has 2 fully saturated rings. The van der Waals surface area contributed by atoms with E-state index in [1.807, 2.05) is 0 Å². The number of rotatable bonds is 4. The Kier molecular flexibility index (Phi) is 4.61. The van der Waals surface area contributed by atoms with E-state index in [4.69, 9.17) is 27.3 Å². The first-order valence-electron chi connectivity index (χ1n) is 9.60. The fourth-order valence-electron chi connectivity index (χ4n) is 4.20. The van der Waals surface area contributed by atoms with Crippen molar-refractivity contribution in [3.8, 4) is 0 Å². The quantitative estimate of drug-likeness (QED) is 0.622. The topological polar surface area (TPSA) is 93.4 Å². The minimum Gasteiger partial charge on any atom is -0.342 e. The Morgan fingerprint density at radius 1 is 1.29 bits per heavy atom. The molecule has 6 nitrogen and oxygen atoms in total. The molecular weight excluding hydrogens is 392 g/mol. The summed E-state index contributed by atoms with van der Waals surface area (Å²) < 4.78 is 0. The van der Waals surface area contributed by atoms with Crippen LogP contribution in [0.4, 0.5) is 0 Å². The van der Waals surface area contributed by atoms with Gasteiger partial charge >= 0.3 is 0 Å². The molecule has 0 saturated heterocycles. The van der Waals surface area contributed by atoms with Crippen LogP contribution >= 0.6 is 23.4 Å². The summed E-state index contributed by atoms with van der Waals surface area (Å²) in [6, 6.07) is 0.378. The van der Waals surface area contributed by atoms with E-state index in [1.54, 1.807) is 12.4 Å². The minimum absolute atomic E-state index is 0.378. The van der Waals surface area contributed by atoms with Crippen LogP contribution < -0.4 is 5.73 Å². The minimum atomic E-state index is 0.378. The first kappa shape index (κ1) is 18.1. The van der Waals surface area contributed by atoms with Crippen molar-refractivity contribution in [2.24, 2.45) is 17.6 Å². The van der Waals surface area contributed by atoms with Gasteiger partial charge in [0, 0.05) is 24.1 Å². The van der Waals surface area contributed by atoms with Gasteiger partial charge in [0.15, 0.2) is 5.16 Å². The third-order valence-corrected chi connectivity index (χ3v) is 7.03. The van der Waals surface area contributed by atoms with Crippen molar-refractivity contribution in [3.05, 3.63) is 40.7 Å². The van der Waals surface area contributed by atoms with E-state index in [0.29, 0.717) is 23.0 Å². The van der Waals surface area contributed by atoms with E-state index in [1.165, 1.54) is 30.1 Å². The summed E-state index contributed by atoms with van der Waals surface area (Å²) in [5.74, 6) is 1.36. The number of H-pyrrole nitrogens is 1. The molecule has 2 aliphatic rings. The van der Waals surface area contributed by atoms with Crippen LogP contribution in [0.25, 0.3) is 17.1 Å².